The quantitative estimate of drug-likeness (QED) is 0.382. The van der Waals surface area contributed by atoms with Crippen LogP contribution >= 0.6 is 11.3 Å². The molecule has 2 aromatic heterocycles. The van der Waals surface area contributed by atoms with E-state index in [1.807, 2.05) is 31.2 Å². The monoisotopic (exact) mass is 450 g/mol. The zero-order valence-corrected chi connectivity index (χ0v) is 17.9. The topological polar surface area (TPSA) is 81.4 Å². The number of hydrogen-bond acceptors (Lipinski definition) is 6. The van der Waals surface area contributed by atoms with Gasteiger partial charge >= 0.3 is 5.97 Å². The molecule has 2 aromatic carbocycles. The van der Waals surface area contributed by atoms with Gasteiger partial charge in [0, 0.05) is 16.6 Å². The molecule has 0 aliphatic heterocycles. The van der Waals surface area contributed by atoms with Crippen molar-refractivity contribution in [3.63, 3.8) is 0 Å². The highest BCUT2D eigenvalue weighted by Crippen LogP contribution is 2.23. The first-order valence-corrected chi connectivity index (χ1v) is 10.7. The first-order chi connectivity index (χ1) is 15.5. The van der Waals surface area contributed by atoms with E-state index < -0.39 is 5.97 Å². The van der Waals surface area contributed by atoms with E-state index in [-0.39, 0.29) is 30.5 Å². The highest BCUT2D eigenvalue weighted by atomic mass is 32.1. The van der Waals surface area contributed by atoms with E-state index in [0.717, 1.165) is 11.3 Å². The molecule has 4 aromatic rings. The molecule has 4 rings (SSSR count). The minimum absolute atomic E-state index is 0.0391. The molecule has 8 heteroatoms. The minimum Gasteiger partial charge on any atom is -0.453 e. The molecular weight excluding hydrogens is 431 g/mol. The molecule has 0 aliphatic rings. The van der Waals surface area contributed by atoms with Crippen molar-refractivity contribution in [1.29, 1.82) is 0 Å². The Bertz CT molecular complexity index is 1230. The van der Waals surface area contributed by atoms with Crippen molar-refractivity contribution in [2.45, 2.75) is 20.0 Å². The molecule has 0 saturated heterocycles. The molecule has 0 atom stereocenters. The molecule has 0 unspecified atom stereocenters. The van der Waals surface area contributed by atoms with E-state index in [1.165, 1.54) is 29.5 Å². The first-order valence-electron chi connectivity index (χ1n) is 9.79. The van der Waals surface area contributed by atoms with E-state index in [4.69, 9.17) is 9.15 Å². The predicted molar refractivity (Wildman–Crippen MR) is 119 cm³/mol. The van der Waals surface area contributed by atoms with Crippen LogP contribution in [-0.2, 0) is 22.6 Å². The average molecular weight is 450 g/mol. The highest BCUT2D eigenvalue weighted by Gasteiger charge is 2.15. The zero-order chi connectivity index (χ0) is 22.5. The number of furan rings is 1. The molecule has 0 bridgehead atoms. The maximum Gasteiger partial charge on any atom is 0.374 e. The number of anilines is 1. The van der Waals surface area contributed by atoms with Crippen molar-refractivity contribution in [2.24, 2.45) is 0 Å². The molecule has 1 N–H and O–H groups in total. The number of aromatic nitrogens is 1. The zero-order valence-electron chi connectivity index (χ0n) is 17.1. The van der Waals surface area contributed by atoms with Gasteiger partial charge in [-0.2, -0.15) is 0 Å². The van der Waals surface area contributed by atoms with Crippen LogP contribution in [0.15, 0.2) is 70.5 Å². The summed E-state index contributed by atoms with van der Waals surface area (Å²) in [6.45, 7) is 1.94. The number of aryl methyl sites for hydroxylation is 1. The maximum atomic E-state index is 13.0. The van der Waals surface area contributed by atoms with Crippen molar-refractivity contribution in [1.82, 2.24) is 4.98 Å². The summed E-state index contributed by atoms with van der Waals surface area (Å²) in [7, 11) is 0. The summed E-state index contributed by atoms with van der Waals surface area (Å²) in [5.41, 5.74) is 3.04. The summed E-state index contributed by atoms with van der Waals surface area (Å²) in [5.74, 6) is -0.680. The molecule has 0 aliphatic carbocycles. The number of esters is 1. The van der Waals surface area contributed by atoms with Gasteiger partial charge in [-0.05, 0) is 55.5 Å². The number of nitrogens with one attached hydrogen (secondary N) is 1. The van der Waals surface area contributed by atoms with Crippen molar-refractivity contribution in [3.05, 3.63) is 93.9 Å². The lowest BCUT2D eigenvalue weighted by molar-refractivity contribution is -0.115. The van der Waals surface area contributed by atoms with Gasteiger partial charge in [0.05, 0.1) is 12.1 Å². The normalized spacial score (nSPS) is 10.7. The van der Waals surface area contributed by atoms with Crippen LogP contribution in [0, 0.1) is 12.7 Å². The molecule has 0 radical (unpaired) electrons. The lowest BCUT2D eigenvalue weighted by Crippen LogP contribution is -2.14. The van der Waals surface area contributed by atoms with Gasteiger partial charge in [0.2, 0.25) is 11.7 Å². The Labute approximate surface area is 187 Å². The molecule has 0 saturated carbocycles. The Morgan fingerprint density at radius 2 is 1.81 bits per heavy atom. The number of amides is 1. The second kappa shape index (κ2) is 9.57. The lowest BCUT2D eigenvalue weighted by atomic mass is 10.2. The van der Waals surface area contributed by atoms with E-state index in [1.54, 1.807) is 23.6 Å². The summed E-state index contributed by atoms with van der Waals surface area (Å²) in [5, 5.41) is 5.19. The Kier molecular flexibility index (Phi) is 6.42. The Balaban J connectivity index is 1.29. The van der Waals surface area contributed by atoms with E-state index in [0.29, 0.717) is 22.0 Å². The summed E-state index contributed by atoms with van der Waals surface area (Å²) in [4.78, 5) is 28.8. The summed E-state index contributed by atoms with van der Waals surface area (Å²) < 4.78 is 23.8. The molecular formula is C24H19FN2O4S. The largest absolute Gasteiger partial charge is 0.453 e. The van der Waals surface area contributed by atoms with Crippen molar-refractivity contribution in [2.75, 3.05) is 5.32 Å². The van der Waals surface area contributed by atoms with Crippen molar-refractivity contribution >= 4 is 28.9 Å². The van der Waals surface area contributed by atoms with Gasteiger partial charge in [-0.3, -0.25) is 4.79 Å². The van der Waals surface area contributed by atoms with Crippen LogP contribution in [-0.4, -0.2) is 16.9 Å². The fraction of sp³-hybridized carbons (Fsp3) is 0.125. The third-order valence-electron chi connectivity index (χ3n) is 4.53. The Morgan fingerprint density at radius 1 is 1.06 bits per heavy atom. The van der Waals surface area contributed by atoms with Gasteiger partial charge < -0.3 is 14.5 Å². The summed E-state index contributed by atoms with van der Waals surface area (Å²) in [6.07, 6.45) is 0.131. The van der Waals surface area contributed by atoms with Crippen LogP contribution in [0.5, 0.6) is 0 Å². The molecule has 6 nitrogen and oxygen atoms in total. The van der Waals surface area contributed by atoms with Gasteiger partial charge in [0.1, 0.15) is 23.2 Å². The van der Waals surface area contributed by atoms with Gasteiger partial charge in [-0.1, -0.05) is 17.7 Å². The lowest BCUT2D eigenvalue weighted by Gasteiger charge is -2.04. The highest BCUT2D eigenvalue weighted by molar-refractivity contribution is 7.09. The van der Waals surface area contributed by atoms with E-state index in [2.05, 4.69) is 10.3 Å². The number of nitrogens with zero attached hydrogens (tertiary/aromatic N) is 1. The summed E-state index contributed by atoms with van der Waals surface area (Å²) in [6, 6.07) is 16.4. The van der Waals surface area contributed by atoms with E-state index >= 15 is 0 Å². The molecule has 32 heavy (non-hydrogen) atoms. The van der Waals surface area contributed by atoms with Crippen LogP contribution in [0.4, 0.5) is 10.1 Å². The minimum atomic E-state index is -0.634. The predicted octanol–water partition coefficient (Wildman–Crippen LogP) is 5.39. The molecule has 0 spiro atoms. The maximum absolute atomic E-state index is 13.0. The smallest absolute Gasteiger partial charge is 0.374 e. The van der Waals surface area contributed by atoms with Crippen LogP contribution in [0.3, 0.4) is 0 Å². The van der Waals surface area contributed by atoms with Crippen molar-refractivity contribution < 1.29 is 23.1 Å². The molecule has 0 fully saturated rings. The van der Waals surface area contributed by atoms with Gasteiger partial charge in [0.15, 0.2) is 0 Å². The Morgan fingerprint density at radius 3 is 2.56 bits per heavy atom. The van der Waals surface area contributed by atoms with Crippen molar-refractivity contribution in [3.8, 4) is 11.3 Å². The van der Waals surface area contributed by atoms with Crippen LogP contribution in [0.1, 0.15) is 26.8 Å². The standard InChI is InChI=1S/C24H19FN2O4S/c1-15-2-8-18(9-3-15)26-22(28)12-23-27-19(14-32-23)13-30-24(29)21-11-10-20(31-21)16-4-6-17(25)7-5-16/h2-11,14H,12-13H2,1H3,(H,26,28). The van der Waals surface area contributed by atoms with Gasteiger partial charge in [0.25, 0.3) is 0 Å². The number of carbonyl (C=O) groups is 2. The third kappa shape index (κ3) is 5.47. The number of halogens is 1. The van der Waals surface area contributed by atoms with Gasteiger partial charge in [-0.15, -0.1) is 11.3 Å². The van der Waals surface area contributed by atoms with Crippen LogP contribution in [0.25, 0.3) is 11.3 Å². The number of hydrogen-bond donors (Lipinski definition) is 1. The second-order valence-electron chi connectivity index (χ2n) is 7.07. The molecule has 1 amide bonds. The fourth-order valence-corrected chi connectivity index (χ4v) is 3.68. The Hall–Kier alpha value is -3.78. The fourth-order valence-electron chi connectivity index (χ4n) is 2.90. The number of carbonyl (C=O) groups excluding carboxylic acids is 2. The number of thiazole rings is 1. The summed E-state index contributed by atoms with van der Waals surface area (Å²) >= 11 is 1.32. The van der Waals surface area contributed by atoms with Crippen LogP contribution in [0.2, 0.25) is 0 Å². The third-order valence-corrected chi connectivity index (χ3v) is 5.43. The number of ether oxygens (including phenoxy) is 1. The second-order valence-corrected chi connectivity index (χ2v) is 8.01. The average Bonchev–Trinajstić information content (AvgIpc) is 3.44. The SMILES string of the molecule is Cc1ccc(NC(=O)Cc2nc(COC(=O)c3ccc(-c4ccc(F)cc4)o3)cs2)cc1. The number of benzene rings is 2. The molecule has 162 valence electrons. The van der Waals surface area contributed by atoms with Crippen LogP contribution < -0.4 is 5.32 Å². The number of rotatable bonds is 7. The van der Waals surface area contributed by atoms with Gasteiger partial charge in [-0.25, -0.2) is 14.2 Å². The van der Waals surface area contributed by atoms with E-state index in [9.17, 15) is 14.0 Å². The molecule has 2 heterocycles. The first kappa shape index (κ1) is 21.5.